The molecular formula is C22H19ClN4O2. The summed E-state index contributed by atoms with van der Waals surface area (Å²) in [5.41, 5.74) is 2.01. The zero-order valence-electron chi connectivity index (χ0n) is 15.9. The molecule has 1 atom stereocenters. The third-order valence-corrected chi connectivity index (χ3v) is 6.02. The summed E-state index contributed by atoms with van der Waals surface area (Å²) in [5.74, 6) is 0.207. The molecule has 6 nitrogen and oxygen atoms in total. The molecule has 146 valence electrons. The van der Waals surface area contributed by atoms with E-state index < -0.39 is 5.41 Å². The number of halogens is 1. The number of rotatable bonds is 3. The number of hydrogen-bond donors (Lipinski definition) is 1. The average molecular weight is 407 g/mol. The summed E-state index contributed by atoms with van der Waals surface area (Å²) >= 11 is 6.37. The fraction of sp³-hybridized carbons (Fsp3) is 0.227. The van der Waals surface area contributed by atoms with E-state index in [4.69, 9.17) is 11.6 Å². The molecule has 0 saturated heterocycles. The van der Waals surface area contributed by atoms with Crippen molar-refractivity contribution in [3.63, 3.8) is 0 Å². The minimum Gasteiger partial charge on any atom is -0.311 e. The molecule has 2 aromatic carbocycles. The van der Waals surface area contributed by atoms with E-state index in [9.17, 15) is 9.59 Å². The molecular weight excluding hydrogens is 388 g/mol. The molecule has 2 aliphatic rings. The van der Waals surface area contributed by atoms with Crippen LogP contribution in [-0.4, -0.2) is 28.1 Å². The van der Waals surface area contributed by atoms with Crippen LogP contribution >= 0.6 is 11.6 Å². The average Bonchev–Trinajstić information content (AvgIpc) is 3.23. The van der Waals surface area contributed by atoms with Crippen molar-refractivity contribution in [3.8, 4) is 5.69 Å². The van der Waals surface area contributed by atoms with Crippen LogP contribution in [0.3, 0.4) is 0 Å². The van der Waals surface area contributed by atoms with Gasteiger partial charge in [0.2, 0.25) is 11.8 Å². The number of anilines is 2. The summed E-state index contributed by atoms with van der Waals surface area (Å²) in [7, 11) is 0. The Hall–Kier alpha value is -3.12. The summed E-state index contributed by atoms with van der Waals surface area (Å²) < 4.78 is 1.61. The Morgan fingerprint density at radius 3 is 2.55 bits per heavy atom. The number of amides is 2. The van der Waals surface area contributed by atoms with Crippen LogP contribution < -0.4 is 10.2 Å². The second-order valence-corrected chi connectivity index (χ2v) is 7.78. The van der Waals surface area contributed by atoms with E-state index in [0.29, 0.717) is 28.6 Å². The Kier molecular flexibility index (Phi) is 3.99. The standard InChI is InChI=1S/C22H19ClN4O2/c1-2-11-26-17-9-5-3-7-14(17)22(21(26)29)12-19(28)25-20-15(22)13-24-27(20)18-10-6-4-8-16(18)23/h3-10,13H,2,11-12H2,1H3,(H,25,28)/t22-/m1/s1. The highest BCUT2D eigenvalue weighted by Crippen LogP contribution is 2.52. The van der Waals surface area contributed by atoms with Crippen molar-refractivity contribution in [2.75, 3.05) is 16.8 Å². The van der Waals surface area contributed by atoms with Crippen LogP contribution in [0, 0.1) is 0 Å². The van der Waals surface area contributed by atoms with E-state index in [1.807, 2.05) is 49.4 Å². The molecule has 0 bridgehead atoms. The van der Waals surface area contributed by atoms with Crippen molar-refractivity contribution in [2.45, 2.75) is 25.2 Å². The molecule has 0 radical (unpaired) electrons. The van der Waals surface area contributed by atoms with Gasteiger partial charge in [0.25, 0.3) is 0 Å². The maximum absolute atomic E-state index is 13.7. The summed E-state index contributed by atoms with van der Waals surface area (Å²) in [4.78, 5) is 28.3. The number of para-hydroxylation sites is 2. The number of nitrogens with zero attached hydrogens (tertiary/aromatic N) is 3. The quantitative estimate of drug-likeness (QED) is 0.717. The SMILES string of the molecule is CCCN1C(=O)[C@]2(CC(=O)Nc3c2cnn3-c2ccccc2Cl)c2ccccc21. The smallest absolute Gasteiger partial charge is 0.242 e. The number of hydrogen-bond acceptors (Lipinski definition) is 3. The number of nitrogens with one attached hydrogen (secondary N) is 1. The van der Waals surface area contributed by atoms with Crippen molar-refractivity contribution >= 4 is 34.9 Å². The Morgan fingerprint density at radius 1 is 1.07 bits per heavy atom. The first-order chi connectivity index (χ1) is 14.1. The van der Waals surface area contributed by atoms with Crippen molar-refractivity contribution in [2.24, 2.45) is 0 Å². The topological polar surface area (TPSA) is 67.2 Å². The second kappa shape index (κ2) is 6.46. The normalized spacial score (nSPS) is 20.0. The van der Waals surface area contributed by atoms with Gasteiger partial charge in [0, 0.05) is 24.2 Å². The Bertz CT molecular complexity index is 1160. The Labute approximate surface area is 173 Å². The summed E-state index contributed by atoms with van der Waals surface area (Å²) in [5, 5.41) is 7.94. The molecule has 7 heteroatoms. The van der Waals surface area contributed by atoms with Gasteiger partial charge in [-0.2, -0.15) is 5.10 Å². The van der Waals surface area contributed by atoms with Crippen molar-refractivity contribution < 1.29 is 9.59 Å². The summed E-state index contributed by atoms with van der Waals surface area (Å²) in [6.07, 6.45) is 2.57. The lowest BCUT2D eigenvalue weighted by Gasteiger charge is -2.32. The third-order valence-electron chi connectivity index (χ3n) is 5.71. The largest absolute Gasteiger partial charge is 0.311 e. The zero-order valence-corrected chi connectivity index (χ0v) is 16.6. The number of fused-ring (bicyclic) bond motifs is 4. The minimum absolute atomic E-state index is 0.0598. The molecule has 2 amide bonds. The number of benzene rings is 2. The molecule has 5 rings (SSSR count). The van der Waals surface area contributed by atoms with Crippen LogP contribution in [0.5, 0.6) is 0 Å². The molecule has 29 heavy (non-hydrogen) atoms. The van der Waals surface area contributed by atoms with Gasteiger partial charge in [-0.25, -0.2) is 4.68 Å². The van der Waals surface area contributed by atoms with Gasteiger partial charge in [0.15, 0.2) is 0 Å². The van der Waals surface area contributed by atoms with Gasteiger partial charge >= 0.3 is 0 Å². The van der Waals surface area contributed by atoms with Crippen molar-refractivity contribution in [1.29, 1.82) is 0 Å². The maximum Gasteiger partial charge on any atom is 0.242 e. The first-order valence-electron chi connectivity index (χ1n) is 9.62. The molecule has 1 spiro atoms. The van der Waals surface area contributed by atoms with Gasteiger partial charge in [-0.05, 0) is 30.2 Å². The predicted octanol–water partition coefficient (Wildman–Crippen LogP) is 3.91. The highest BCUT2D eigenvalue weighted by molar-refractivity contribution is 6.32. The molecule has 0 fully saturated rings. The summed E-state index contributed by atoms with van der Waals surface area (Å²) in [6.45, 7) is 2.64. The van der Waals surface area contributed by atoms with Gasteiger partial charge in [-0.1, -0.05) is 48.9 Å². The molecule has 1 aromatic heterocycles. The van der Waals surface area contributed by atoms with Gasteiger partial charge in [-0.15, -0.1) is 0 Å². The van der Waals surface area contributed by atoms with Gasteiger partial charge in [0.1, 0.15) is 11.2 Å². The second-order valence-electron chi connectivity index (χ2n) is 7.37. The third kappa shape index (κ3) is 2.39. The number of carbonyl (C=O) groups excluding carboxylic acids is 2. The number of carbonyl (C=O) groups is 2. The van der Waals surface area contributed by atoms with Gasteiger partial charge in [-0.3, -0.25) is 9.59 Å². The molecule has 0 aliphatic carbocycles. The van der Waals surface area contributed by atoms with Crippen LogP contribution in [0.15, 0.2) is 54.7 Å². The monoisotopic (exact) mass is 406 g/mol. The van der Waals surface area contributed by atoms with Crippen molar-refractivity contribution in [3.05, 3.63) is 70.9 Å². The lowest BCUT2D eigenvalue weighted by Crippen LogP contribution is -2.46. The number of aromatic nitrogens is 2. The van der Waals surface area contributed by atoms with Crippen LogP contribution in [-0.2, 0) is 15.0 Å². The molecule has 3 aromatic rings. The lowest BCUT2D eigenvalue weighted by atomic mass is 9.72. The van der Waals surface area contributed by atoms with E-state index >= 15 is 0 Å². The first kappa shape index (κ1) is 17.9. The van der Waals surface area contributed by atoms with Crippen LogP contribution in [0.2, 0.25) is 5.02 Å². The Balaban J connectivity index is 1.77. The highest BCUT2D eigenvalue weighted by Gasteiger charge is 2.56. The van der Waals surface area contributed by atoms with E-state index in [-0.39, 0.29) is 18.2 Å². The maximum atomic E-state index is 13.7. The van der Waals surface area contributed by atoms with Crippen molar-refractivity contribution in [1.82, 2.24) is 9.78 Å². The first-order valence-corrected chi connectivity index (χ1v) is 10.0. The fourth-order valence-corrected chi connectivity index (χ4v) is 4.72. The van der Waals surface area contributed by atoms with E-state index in [0.717, 1.165) is 17.7 Å². The molecule has 0 saturated carbocycles. The molecule has 3 heterocycles. The van der Waals surface area contributed by atoms with Crippen LogP contribution in [0.25, 0.3) is 5.69 Å². The summed E-state index contributed by atoms with van der Waals surface area (Å²) in [6, 6.07) is 15.0. The minimum atomic E-state index is -1.07. The predicted molar refractivity (Wildman–Crippen MR) is 112 cm³/mol. The van der Waals surface area contributed by atoms with E-state index in [1.165, 1.54) is 0 Å². The highest BCUT2D eigenvalue weighted by atomic mass is 35.5. The fourth-order valence-electron chi connectivity index (χ4n) is 4.50. The van der Waals surface area contributed by atoms with Gasteiger partial charge < -0.3 is 10.2 Å². The Morgan fingerprint density at radius 2 is 1.79 bits per heavy atom. The lowest BCUT2D eigenvalue weighted by molar-refractivity contribution is -0.126. The van der Waals surface area contributed by atoms with E-state index in [1.54, 1.807) is 21.8 Å². The zero-order chi connectivity index (χ0) is 20.2. The van der Waals surface area contributed by atoms with Crippen LogP contribution in [0.4, 0.5) is 11.5 Å². The molecule has 2 aliphatic heterocycles. The van der Waals surface area contributed by atoms with Crippen LogP contribution in [0.1, 0.15) is 30.9 Å². The van der Waals surface area contributed by atoms with Gasteiger partial charge in [0.05, 0.1) is 16.9 Å². The molecule has 0 unspecified atom stereocenters. The molecule has 1 N–H and O–H groups in total. The van der Waals surface area contributed by atoms with E-state index in [2.05, 4.69) is 10.4 Å².